The van der Waals surface area contributed by atoms with Crippen molar-refractivity contribution in [2.45, 2.75) is 52.9 Å². The summed E-state index contributed by atoms with van der Waals surface area (Å²) in [7, 11) is 0. The topological polar surface area (TPSA) is 12.5 Å². The highest BCUT2D eigenvalue weighted by Gasteiger charge is 2.02. The molecule has 1 aromatic rings. The molecule has 0 aliphatic rings. The van der Waals surface area contributed by atoms with E-state index in [1.807, 2.05) is 0 Å². The van der Waals surface area contributed by atoms with Crippen LogP contribution in [0.1, 0.15) is 52.9 Å². The van der Waals surface area contributed by atoms with E-state index in [9.17, 15) is 0 Å². The van der Waals surface area contributed by atoms with Crippen molar-refractivity contribution in [2.75, 3.05) is 24.6 Å². The van der Waals surface area contributed by atoms with Crippen LogP contribution < -0.4 is 9.64 Å². The van der Waals surface area contributed by atoms with E-state index in [0.717, 1.165) is 31.9 Å². The Hall–Kier alpha value is -1.18. The van der Waals surface area contributed by atoms with Crippen molar-refractivity contribution in [2.24, 2.45) is 0 Å². The van der Waals surface area contributed by atoms with Crippen molar-refractivity contribution in [3.05, 3.63) is 24.3 Å². The lowest BCUT2D eigenvalue weighted by molar-refractivity contribution is 0.304. The van der Waals surface area contributed by atoms with Gasteiger partial charge in [-0.2, -0.15) is 0 Å². The van der Waals surface area contributed by atoms with Gasteiger partial charge in [-0.25, -0.2) is 0 Å². The maximum absolute atomic E-state index is 5.84. The van der Waals surface area contributed by atoms with Gasteiger partial charge in [0.05, 0.1) is 6.61 Å². The smallest absolute Gasteiger partial charge is 0.121 e. The Labute approximate surface area is 118 Å². The second-order valence-corrected chi connectivity index (χ2v) is 4.93. The van der Waals surface area contributed by atoms with Gasteiger partial charge in [0.15, 0.2) is 0 Å². The normalized spacial score (nSPS) is 10.5. The molecule has 0 atom stereocenters. The van der Waals surface area contributed by atoms with E-state index in [1.165, 1.54) is 31.4 Å². The number of anilines is 1. The van der Waals surface area contributed by atoms with E-state index in [1.54, 1.807) is 0 Å². The molecule has 0 saturated heterocycles. The summed E-state index contributed by atoms with van der Waals surface area (Å²) in [5.74, 6) is 1.000. The molecule has 0 spiro atoms. The van der Waals surface area contributed by atoms with Crippen molar-refractivity contribution in [1.29, 1.82) is 0 Å². The summed E-state index contributed by atoms with van der Waals surface area (Å²) in [5, 5.41) is 0. The molecule has 0 saturated carbocycles. The number of nitrogens with zero attached hydrogens (tertiary/aromatic N) is 1. The van der Waals surface area contributed by atoms with Gasteiger partial charge in [0, 0.05) is 24.8 Å². The van der Waals surface area contributed by atoms with Crippen LogP contribution in [-0.2, 0) is 0 Å². The molecule has 0 amide bonds. The Balaban J connectivity index is 2.35. The molecule has 0 N–H and O–H groups in total. The van der Waals surface area contributed by atoms with Crippen LogP contribution in [0.5, 0.6) is 5.75 Å². The van der Waals surface area contributed by atoms with Crippen molar-refractivity contribution < 1.29 is 4.74 Å². The fourth-order valence-corrected chi connectivity index (χ4v) is 2.25. The van der Waals surface area contributed by atoms with Gasteiger partial charge in [-0.05, 0) is 32.4 Å². The van der Waals surface area contributed by atoms with Crippen LogP contribution in [0.25, 0.3) is 0 Å². The summed E-state index contributed by atoms with van der Waals surface area (Å²) in [5.41, 5.74) is 1.26. The van der Waals surface area contributed by atoms with Gasteiger partial charge >= 0.3 is 0 Å². The molecule has 2 heteroatoms. The van der Waals surface area contributed by atoms with E-state index < -0.39 is 0 Å². The SMILES string of the molecule is CCCCCCCOc1cccc(N(CC)CC)c1. The summed E-state index contributed by atoms with van der Waals surface area (Å²) in [6, 6.07) is 8.44. The van der Waals surface area contributed by atoms with Crippen LogP contribution in [-0.4, -0.2) is 19.7 Å². The minimum atomic E-state index is 0.839. The molecular formula is C17H29NO. The number of unbranched alkanes of at least 4 members (excludes halogenated alkanes) is 4. The molecule has 0 radical (unpaired) electrons. The first-order valence-electron chi connectivity index (χ1n) is 7.79. The lowest BCUT2D eigenvalue weighted by atomic mass is 10.2. The fourth-order valence-electron chi connectivity index (χ4n) is 2.25. The fraction of sp³-hybridized carbons (Fsp3) is 0.647. The first kappa shape index (κ1) is 15.9. The van der Waals surface area contributed by atoms with E-state index in [-0.39, 0.29) is 0 Å². The first-order valence-corrected chi connectivity index (χ1v) is 7.79. The van der Waals surface area contributed by atoms with Crippen molar-refractivity contribution in [3.8, 4) is 5.75 Å². The van der Waals surface area contributed by atoms with Gasteiger partial charge in [-0.3, -0.25) is 0 Å². The first-order chi connectivity index (χ1) is 9.31. The zero-order valence-electron chi connectivity index (χ0n) is 12.8. The average molecular weight is 263 g/mol. The van der Waals surface area contributed by atoms with E-state index in [4.69, 9.17) is 4.74 Å². The average Bonchev–Trinajstić information content (AvgIpc) is 2.45. The van der Waals surface area contributed by atoms with Gasteiger partial charge in [0.2, 0.25) is 0 Å². The molecule has 2 nitrogen and oxygen atoms in total. The maximum Gasteiger partial charge on any atom is 0.121 e. The second-order valence-electron chi connectivity index (χ2n) is 4.93. The van der Waals surface area contributed by atoms with Crippen LogP contribution in [0.2, 0.25) is 0 Å². The Morgan fingerprint density at radius 3 is 2.37 bits per heavy atom. The largest absolute Gasteiger partial charge is 0.494 e. The third-order valence-electron chi connectivity index (χ3n) is 3.46. The highest BCUT2D eigenvalue weighted by molar-refractivity contribution is 5.50. The predicted molar refractivity (Wildman–Crippen MR) is 84.3 cm³/mol. The Morgan fingerprint density at radius 1 is 0.947 bits per heavy atom. The molecule has 19 heavy (non-hydrogen) atoms. The molecule has 0 aromatic heterocycles. The molecule has 108 valence electrons. The van der Waals surface area contributed by atoms with Gasteiger partial charge in [0.1, 0.15) is 5.75 Å². The lowest BCUT2D eigenvalue weighted by Gasteiger charge is -2.21. The summed E-state index contributed by atoms with van der Waals surface area (Å²) in [6.07, 6.45) is 6.42. The summed E-state index contributed by atoms with van der Waals surface area (Å²) in [6.45, 7) is 9.53. The highest BCUT2D eigenvalue weighted by atomic mass is 16.5. The van der Waals surface area contributed by atoms with Gasteiger partial charge in [0.25, 0.3) is 0 Å². The molecule has 0 heterocycles. The zero-order chi connectivity index (χ0) is 13.9. The van der Waals surface area contributed by atoms with E-state index >= 15 is 0 Å². The van der Waals surface area contributed by atoms with Crippen LogP contribution in [0, 0.1) is 0 Å². The van der Waals surface area contributed by atoms with Crippen LogP contribution in [0.15, 0.2) is 24.3 Å². The molecule has 0 unspecified atom stereocenters. The third kappa shape index (κ3) is 6.00. The van der Waals surface area contributed by atoms with Gasteiger partial charge in [-0.15, -0.1) is 0 Å². The minimum Gasteiger partial charge on any atom is -0.494 e. The number of hydrogen-bond donors (Lipinski definition) is 0. The van der Waals surface area contributed by atoms with Crippen LogP contribution in [0.4, 0.5) is 5.69 Å². The van der Waals surface area contributed by atoms with E-state index in [0.29, 0.717) is 0 Å². The Morgan fingerprint density at radius 2 is 1.68 bits per heavy atom. The zero-order valence-corrected chi connectivity index (χ0v) is 12.8. The standard InChI is InChI=1S/C17H29NO/c1-4-7-8-9-10-14-19-17-13-11-12-16(15-17)18(5-2)6-3/h11-13,15H,4-10,14H2,1-3H3. The van der Waals surface area contributed by atoms with Crippen molar-refractivity contribution in [1.82, 2.24) is 0 Å². The van der Waals surface area contributed by atoms with E-state index in [2.05, 4.69) is 49.9 Å². The molecule has 0 bridgehead atoms. The molecule has 0 fully saturated rings. The molecule has 1 rings (SSSR count). The van der Waals surface area contributed by atoms with Crippen LogP contribution in [0.3, 0.4) is 0 Å². The second kappa shape index (κ2) is 9.71. The van der Waals surface area contributed by atoms with Crippen molar-refractivity contribution >= 4 is 5.69 Å². The molecule has 1 aromatic carbocycles. The Kier molecular flexibility index (Phi) is 8.11. The third-order valence-corrected chi connectivity index (χ3v) is 3.46. The van der Waals surface area contributed by atoms with Gasteiger partial charge in [-0.1, -0.05) is 38.7 Å². The monoisotopic (exact) mass is 263 g/mol. The molecule has 0 aliphatic heterocycles. The highest BCUT2D eigenvalue weighted by Crippen LogP contribution is 2.21. The van der Waals surface area contributed by atoms with Crippen molar-refractivity contribution in [3.63, 3.8) is 0 Å². The van der Waals surface area contributed by atoms with Gasteiger partial charge < -0.3 is 9.64 Å². The summed E-state index contributed by atoms with van der Waals surface area (Å²) < 4.78 is 5.84. The molecular weight excluding hydrogens is 234 g/mol. The lowest BCUT2D eigenvalue weighted by Crippen LogP contribution is -2.21. The maximum atomic E-state index is 5.84. The number of benzene rings is 1. The van der Waals surface area contributed by atoms with Crippen LogP contribution >= 0.6 is 0 Å². The summed E-state index contributed by atoms with van der Waals surface area (Å²) >= 11 is 0. The number of rotatable bonds is 10. The molecule has 0 aliphatic carbocycles. The Bertz CT molecular complexity index is 334. The number of ether oxygens (including phenoxy) is 1. The quantitative estimate of drug-likeness (QED) is 0.558. The predicted octanol–water partition coefficient (Wildman–Crippen LogP) is 4.88. The number of hydrogen-bond acceptors (Lipinski definition) is 2. The minimum absolute atomic E-state index is 0.839. The summed E-state index contributed by atoms with van der Waals surface area (Å²) in [4.78, 5) is 2.34.